The summed E-state index contributed by atoms with van der Waals surface area (Å²) in [5, 5.41) is 8.70. The van der Waals surface area contributed by atoms with Gasteiger partial charge in [-0.2, -0.15) is 0 Å². The van der Waals surface area contributed by atoms with Crippen molar-refractivity contribution in [3.63, 3.8) is 0 Å². The Hall–Kier alpha value is -1.13. The van der Waals surface area contributed by atoms with Crippen LogP contribution < -0.4 is 10.6 Å². The van der Waals surface area contributed by atoms with Crippen molar-refractivity contribution in [1.29, 1.82) is 0 Å². The van der Waals surface area contributed by atoms with Gasteiger partial charge < -0.3 is 20.0 Å². The van der Waals surface area contributed by atoms with Gasteiger partial charge in [-0.1, -0.05) is 6.07 Å². The van der Waals surface area contributed by atoms with Crippen molar-refractivity contribution in [2.45, 2.75) is 26.4 Å². The van der Waals surface area contributed by atoms with E-state index >= 15 is 0 Å². The van der Waals surface area contributed by atoms with Crippen molar-refractivity contribution in [1.82, 2.24) is 20.5 Å². The van der Waals surface area contributed by atoms with Gasteiger partial charge in [0.1, 0.15) is 5.76 Å². The minimum Gasteiger partial charge on any atom is -0.444 e. The minimum absolute atomic E-state index is 0. The molecule has 0 aliphatic rings. The van der Waals surface area contributed by atoms with Gasteiger partial charge in [-0.15, -0.1) is 35.3 Å². The van der Waals surface area contributed by atoms with E-state index in [4.69, 9.17) is 4.42 Å². The van der Waals surface area contributed by atoms with Gasteiger partial charge in [0.25, 0.3) is 0 Å². The highest BCUT2D eigenvalue weighted by molar-refractivity contribution is 14.0. The molecule has 0 amide bonds. The van der Waals surface area contributed by atoms with Crippen LogP contribution in [-0.2, 0) is 6.54 Å². The quantitative estimate of drug-likeness (QED) is 0.392. The number of rotatable bonds is 6. The summed E-state index contributed by atoms with van der Waals surface area (Å²) in [4.78, 5) is 12.1. The van der Waals surface area contributed by atoms with Crippen LogP contribution in [-0.4, -0.2) is 43.5 Å². The van der Waals surface area contributed by atoms with Crippen LogP contribution in [0.15, 0.2) is 26.9 Å². The molecule has 0 spiro atoms. The maximum absolute atomic E-state index is 5.57. The Bertz CT molecular complexity index is 619. The van der Waals surface area contributed by atoms with E-state index < -0.39 is 0 Å². The fourth-order valence-corrected chi connectivity index (χ4v) is 3.13. The Balaban J connectivity index is 0.00000288. The first kappa shape index (κ1) is 20.9. The molecule has 0 aromatic carbocycles. The number of halogens is 1. The summed E-state index contributed by atoms with van der Waals surface area (Å²) in [6, 6.07) is 4.54. The van der Waals surface area contributed by atoms with Gasteiger partial charge in [0.15, 0.2) is 5.96 Å². The Morgan fingerprint density at radius 1 is 1.38 bits per heavy atom. The van der Waals surface area contributed by atoms with E-state index in [1.165, 1.54) is 4.88 Å². The van der Waals surface area contributed by atoms with E-state index in [1.807, 2.05) is 13.8 Å². The van der Waals surface area contributed by atoms with Crippen LogP contribution in [0.25, 0.3) is 0 Å². The molecule has 2 aromatic heterocycles. The van der Waals surface area contributed by atoms with Crippen LogP contribution in [0.4, 0.5) is 0 Å². The first-order valence-electron chi connectivity index (χ1n) is 7.58. The number of nitrogens with one attached hydrogen (secondary N) is 2. The van der Waals surface area contributed by atoms with Crippen LogP contribution in [0.1, 0.15) is 28.3 Å². The van der Waals surface area contributed by atoms with Crippen LogP contribution in [0.3, 0.4) is 0 Å². The normalized spacial score (nSPS) is 12.8. The topological polar surface area (TPSA) is 65.7 Å². The SMILES string of the molecule is CN=C(NCc1nc(C)c(C)o1)NCC(c1cccs1)N(C)C.I. The standard InChI is InChI=1S/C16H25N5OS.HI/c1-11-12(2)22-15(20-11)10-19-16(17-3)18-9-13(21(4)5)14-7-6-8-23-14;/h6-8,13H,9-10H2,1-5H3,(H2,17,18,19);1H. The molecule has 0 radical (unpaired) electrons. The van der Waals surface area contributed by atoms with E-state index in [9.17, 15) is 0 Å². The van der Waals surface area contributed by atoms with Crippen molar-refractivity contribution in [3.05, 3.63) is 39.7 Å². The Morgan fingerprint density at radius 3 is 2.62 bits per heavy atom. The number of guanidine groups is 1. The molecular weight excluding hydrogens is 437 g/mol. The highest BCUT2D eigenvalue weighted by Crippen LogP contribution is 2.22. The molecule has 0 saturated heterocycles. The molecular formula is C16H26IN5OS. The number of hydrogen-bond donors (Lipinski definition) is 2. The molecule has 2 heterocycles. The lowest BCUT2D eigenvalue weighted by Crippen LogP contribution is -2.41. The van der Waals surface area contributed by atoms with Crippen molar-refractivity contribution in [2.75, 3.05) is 27.7 Å². The average Bonchev–Trinajstić information content (AvgIpc) is 3.13. The van der Waals surface area contributed by atoms with Crippen LogP contribution >= 0.6 is 35.3 Å². The smallest absolute Gasteiger partial charge is 0.214 e. The summed E-state index contributed by atoms with van der Waals surface area (Å²) >= 11 is 1.77. The van der Waals surface area contributed by atoms with Gasteiger partial charge in [-0.05, 0) is 39.4 Å². The number of hydrogen-bond acceptors (Lipinski definition) is 5. The van der Waals surface area contributed by atoms with Crippen molar-refractivity contribution in [3.8, 4) is 0 Å². The second-order valence-electron chi connectivity index (χ2n) is 5.55. The molecule has 2 N–H and O–H groups in total. The largest absolute Gasteiger partial charge is 0.444 e. The van der Waals surface area contributed by atoms with Crippen LogP contribution in [0.2, 0.25) is 0 Å². The summed E-state index contributed by atoms with van der Waals surface area (Å²) in [6.45, 7) is 5.15. The third-order valence-corrected chi connectivity index (χ3v) is 4.63. The number of thiophene rings is 1. The number of aryl methyl sites for hydroxylation is 2. The lowest BCUT2D eigenvalue weighted by Gasteiger charge is -2.24. The molecule has 1 unspecified atom stereocenters. The monoisotopic (exact) mass is 463 g/mol. The van der Waals surface area contributed by atoms with Gasteiger partial charge in [0.05, 0.1) is 18.3 Å². The molecule has 8 heteroatoms. The second-order valence-corrected chi connectivity index (χ2v) is 6.53. The Kier molecular flexibility index (Phi) is 8.71. The first-order chi connectivity index (χ1) is 11.0. The van der Waals surface area contributed by atoms with E-state index in [-0.39, 0.29) is 24.0 Å². The van der Waals surface area contributed by atoms with Crippen molar-refractivity contribution in [2.24, 2.45) is 4.99 Å². The van der Waals surface area contributed by atoms with E-state index in [1.54, 1.807) is 18.4 Å². The predicted octanol–water partition coefficient (Wildman–Crippen LogP) is 2.94. The predicted molar refractivity (Wildman–Crippen MR) is 110 cm³/mol. The number of nitrogens with zero attached hydrogens (tertiary/aromatic N) is 3. The zero-order valence-corrected chi connectivity index (χ0v) is 17.9. The summed E-state index contributed by atoms with van der Waals surface area (Å²) in [7, 11) is 5.93. The van der Waals surface area contributed by atoms with E-state index in [2.05, 4.69) is 57.1 Å². The zero-order valence-electron chi connectivity index (χ0n) is 14.8. The number of oxazole rings is 1. The first-order valence-corrected chi connectivity index (χ1v) is 8.46. The Morgan fingerprint density at radius 2 is 2.12 bits per heavy atom. The van der Waals surface area contributed by atoms with Gasteiger partial charge >= 0.3 is 0 Å². The highest BCUT2D eigenvalue weighted by atomic mass is 127. The van der Waals surface area contributed by atoms with Crippen molar-refractivity contribution < 1.29 is 4.42 Å². The number of likely N-dealkylation sites (N-methyl/N-ethyl adjacent to an activating group) is 1. The van der Waals surface area contributed by atoms with Gasteiger partial charge in [-0.25, -0.2) is 4.98 Å². The Labute approximate surface area is 164 Å². The van der Waals surface area contributed by atoms with Crippen LogP contribution in [0, 0.1) is 13.8 Å². The minimum atomic E-state index is 0. The van der Waals surface area contributed by atoms with Crippen molar-refractivity contribution >= 4 is 41.3 Å². The molecule has 0 saturated carbocycles. The lowest BCUT2D eigenvalue weighted by atomic mass is 10.2. The number of aliphatic imine (C=N–C) groups is 1. The van der Waals surface area contributed by atoms with E-state index in [0.29, 0.717) is 18.5 Å². The second kappa shape index (κ2) is 10.00. The maximum Gasteiger partial charge on any atom is 0.214 e. The molecule has 0 aliphatic carbocycles. The summed E-state index contributed by atoms with van der Waals surface area (Å²) in [6.07, 6.45) is 0. The molecule has 2 aromatic rings. The van der Waals surface area contributed by atoms with Gasteiger partial charge in [-0.3, -0.25) is 4.99 Å². The van der Waals surface area contributed by atoms with Gasteiger partial charge in [0, 0.05) is 18.5 Å². The third kappa shape index (κ3) is 5.75. The molecule has 134 valence electrons. The fourth-order valence-electron chi connectivity index (χ4n) is 2.21. The van der Waals surface area contributed by atoms with Crippen LogP contribution in [0.5, 0.6) is 0 Å². The summed E-state index contributed by atoms with van der Waals surface area (Å²) in [5.41, 5.74) is 0.926. The third-order valence-electron chi connectivity index (χ3n) is 3.66. The van der Waals surface area contributed by atoms with E-state index in [0.717, 1.165) is 24.0 Å². The molecule has 2 rings (SSSR count). The lowest BCUT2D eigenvalue weighted by molar-refractivity contribution is 0.302. The molecule has 1 atom stereocenters. The highest BCUT2D eigenvalue weighted by Gasteiger charge is 2.15. The molecule has 24 heavy (non-hydrogen) atoms. The molecule has 0 fully saturated rings. The molecule has 0 bridgehead atoms. The average molecular weight is 463 g/mol. The molecule has 0 aliphatic heterocycles. The fraction of sp³-hybridized carbons (Fsp3) is 0.500. The number of aromatic nitrogens is 1. The van der Waals surface area contributed by atoms with Gasteiger partial charge in [0.2, 0.25) is 5.89 Å². The molecule has 6 nitrogen and oxygen atoms in total. The maximum atomic E-state index is 5.57. The summed E-state index contributed by atoms with van der Waals surface area (Å²) in [5.74, 6) is 2.27. The summed E-state index contributed by atoms with van der Waals surface area (Å²) < 4.78 is 5.57. The zero-order chi connectivity index (χ0) is 16.8.